The largest absolute Gasteiger partial charge is 0.463 e. The number of ether oxygens (including phenoxy) is 1. The van der Waals surface area contributed by atoms with Crippen LogP contribution in [0.3, 0.4) is 0 Å². The van der Waals surface area contributed by atoms with Crippen LogP contribution in [0.15, 0.2) is 106 Å². The molecule has 0 fully saturated rings. The monoisotopic (exact) mass is 466 g/mol. The Morgan fingerprint density at radius 1 is 0.971 bits per heavy atom. The van der Waals surface area contributed by atoms with Crippen molar-refractivity contribution in [2.24, 2.45) is 4.99 Å². The van der Waals surface area contributed by atoms with Gasteiger partial charge in [0.15, 0.2) is 4.80 Å². The molecule has 168 valence electrons. The van der Waals surface area contributed by atoms with E-state index in [4.69, 9.17) is 9.73 Å². The molecule has 3 aromatic carbocycles. The lowest BCUT2D eigenvalue weighted by Crippen LogP contribution is -2.39. The van der Waals surface area contributed by atoms with Gasteiger partial charge in [0.25, 0.3) is 5.56 Å². The molecule has 0 amide bonds. The summed E-state index contributed by atoms with van der Waals surface area (Å²) in [4.78, 5) is 32.4. The molecule has 0 radical (unpaired) electrons. The molecule has 1 atom stereocenters. The van der Waals surface area contributed by atoms with Crippen molar-refractivity contribution >= 4 is 29.1 Å². The molecule has 1 unspecified atom stereocenters. The first-order valence-corrected chi connectivity index (χ1v) is 11.9. The summed E-state index contributed by atoms with van der Waals surface area (Å²) in [7, 11) is 0. The van der Waals surface area contributed by atoms with E-state index >= 15 is 0 Å². The Morgan fingerprint density at radius 2 is 1.59 bits per heavy atom. The first-order valence-electron chi connectivity index (χ1n) is 11.1. The third kappa shape index (κ3) is 4.04. The number of hydrogen-bond acceptors (Lipinski definition) is 5. The summed E-state index contributed by atoms with van der Waals surface area (Å²) in [6, 6.07) is 28.2. The lowest BCUT2D eigenvalue weighted by Gasteiger charge is -2.25. The van der Waals surface area contributed by atoms with Gasteiger partial charge < -0.3 is 4.74 Å². The smallest absolute Gasteiger partial charge is 0.338 e. The summed E-state index contributed by atoms with van der Waals surface area (Å²) in [6.07, 6.45) is 1.86. The predicted molar refractivity (Wildman–Crippen MR) is 134 cm³/mol. The van der Waals surface area contributed by atoms with Crippen molar-refractivity contribution in [1.82, 2.24) is 4.57 Å². The van der Waals surface area contributed by atoms with Gasteiger partial charge in [0.1, 0.15) is 0 Å². The zero-order valence-corrected chi connectivity index (χ0v) is 19.4. The zero-order valence-electron chi connectivity index (χ0n) is 18.5. The number of rotatable bonds is 5. The summed E-state index contributed by atoms with van der Waals surface area (Å²) in [5, 5.41) is 0. The molecule has 1 aliphatic heterocycles. The Kier molecular flexibility index (Phi) is 6.06. The minimum absolute atomic E-state index is 0.185. The van der Waals surface area contributed by atoms with Crippen molar-refractivity contribution in [1.29, 1.82) is 0 Å². The molecule has 5 nitrogen and oxygen atoms in total. The molecular weight excluding hydrogens is 444 g/mol. The number of carbonyl (C=O) groups excluding carboxylic acids is 1. The molecular formula is C28H22N2O3S. The molecule has 0 N–H and O–H groups in total. The third-order valence-corrected chi connectivity index (χ3v) is 6.57. The Balaban J connectivity index is 1.84. The topological polar surface area (TPSA) is 60.7 Å². The van der Waals surface area contributed by atoms with Gasteiger partial charge in [-0.15, -0.1) is 0 Å². The van der Waals surface area contributed by atoms with Crippen LogP contribution in [0.5, 0.6) is 0 Å². The second kappa shape index (κ2) is 9.45. The highest BCUT2D eigenvalue weighted by Gasteiger charge is 2.34. The first-order chi connectivity index (χ1) is 16.7. The Hall–Kier alpha value is -4.03. The van der Waals surface area contributed by atoms with Crippen LogP contribution < -0.4 is 14.9 Å². The standard InChI is InChI=1S/C28H22N2O3S/c1-2-33-27(32)23-24(20-14-8-4-9-15-20)29-28-30(25(23)21-16-10-5-11-17-21)26(31)22(34-28)18-19-12-6-3-7-13-19/h3-18,25H,2H2,1H3/b22-18+. The molecule has 2 heterocycles. The van der Waals surface area contributed by atoms with Crippen LogP contribution in [0.2, 0.25) is 0 Å². The molecule has 1 aromatic heterocycles. The van der Waals surface area contributed by atoms with Crippen LogP contribution in [-0.2, 0) is 9.53 Å². The average molecular weight is 467 g/mol. The van der Waals surface area contributed by atoms with Crippen LogP contribution in [0.1, 0.15) is 29.7 Å². The van der Waals surface area contributed by atoms with Gasteiger partial charge in [-0.05, 0) is 24.1 Å². The zero-order chi connectivity index (χ0) is 23.5. The minimum Gasteiger partial charge on any atom is -0.463 e. The van der Waals surface area contributed by atoms with E-state index in [0.29, 0.717) is 20.6 Å². The van der Waals surface area contributed by atoms with Crippen molar-refractivity contribution < 1.29 is 9.53 Å². The molecule has 6 heteroatoms. The van der Waals surface area contributed by atoms with Crippen LogP contribution in [-0.4, -0.2) is 17.1 Å². The molecule has 0 spiro atoms. The lowest BCUT2D eigenvalue weighted by molar-refractivity contribution is -0.138. The van der Waals surface area contributed by atoms with Gasteiger partial charge in [0.05, 0.1) is 28.5 Å². The van der Waals surface area contributed by atoms with E-state index in [1.54, 1.807) is 11.5 Å². The first kappa shape index (κ1) is 21.8. The highest BCUT2D eigenvalue weighted by atomic mass is 32.1. The number of benzene rings is 3. The fourth-order valence-electron chi connectivity index (χ4n) is 4.09. The van der Waals surface area contributed by atoms with Crippen LogP contribution >= 0.6 is 11.3 Å². The molecule has 0 saturated heterocycles. The number of esters is 1. The molecule has 0 aliphatic carbocycles. The predicted octanol–water partition coefficient (Wildman–Crippen LogP) is 3.94. The van der Waals surface area contributed by atoms with E-state index in [0.717, 1.165) is 16.7 Å². The van der Waals surface area contributed by atoms with E-state index in [1.165, 1.54) is 11.3 Å². The van der Waals surface area contributed by atoms with Gasteiger partial charge in [0.2, 0.25) is 0 Å². The molecule has 0 bridgehead atoms. The van der Waals surface area contributed by atoms with E-state index < -0.39 is 12.0 Å². The molecule has 4 aromatic rings. The molecule has 5 rings (SSSR count). The van der Waals surface area contributed by atoms with Crippen LogP contribution in [0.4, 0.5) is 0 Å². The van der Waals surface area contributed by atoms with Crippen molar-refractivity contribution in [2.75, 3.05) is 6.61 Å². The summed E-state index contributed by atoms with van der Waals surface area (Å²) >= 11 is 1.32. The third-order valence-electron chi connectivity index (χ3n) is 5.59. The van der Waals surface area contributed by atoms with Gasteiger partial charge in [-0.3, -0.25) is 9.36 Å². The molecule has 34 heavy (non-hydrogen) atoms. The number of fused-ring (bicyclic) bond motifs is 1. The van der Waals surface area contributed by atoms with Gasteiger partial charge in [0, 0.05) is 5.56 Å². The quantitative estimate of drug-likeness (QED) is 0.419. The molecule has 1 aliphatic rings. The maximum atomic E-state index is 13.7. The maximum Gasteiger partial charge on any atom is 0.338 e. The maximum absolute atomic E-state index is 13.7. The Morgan fingerprint density at radius 3 is 2.24 bits per heavy atom. The van der Waals surface area contributed by atoms with E-state index in [9.17, 15) is 9.59 Å². The summed E-state index contributed by atoms with van der Waals surface area (Å²) in [6.45, 7) is 2.00. The second-order valence-corrected chi connectivity index (χ2v) is 8.76. The van der Waals surface area contributed by atoms with Crippen molar-refractivity contribution in [3.05, 3.63) is 133 Å². The van der Waals surface area contributed by atoms with Crippen LogP contribution in [0.25, 0.3) is 11.8 Å². The number of carbonyl (C=O) groups is 1. The van der Waals surface area contributed by atoms with Gasteiger partial charge in [-0.2, -0.15) is 0 Å². The summed E-state index contributed by atoms with van der Waals surface area (Å²) in [5.41, 5.74) is 3.25. The normalized spacial score (nSPS) is 15.6. The van der Waals surface area contributed by atoms with E-state index in [-0.39, 0.29) is 12.2 Å². The van der Waals surface area contributed by atoms with Gasteiger partial charge in [-0.25, -0.2) is 9.79 Å². The number of nitrogens with zero attached hydrogens (tertiary/aromatic N) is 2. The van der Waals surface area contributed by atoms with Gasteiger partial charge in [-0.1, -0.05) is 102 Å². The Bertz CT molecular complexity index is 1540. The van der Waals surface area contributed by atoms with Crippen molar-refractivity contribution in [2.45, 2.75) is 13.0 Å². The van der Waals surface area contributed by atoms with E-state index in [1.807, 2.05) is 97.1 Å². The number of thiazole rings is 1. The second-order valence-electron chi connectivity index (χ2n) is 7.75. The fourth-order valence-corrected chi connectivity index (χ4v) is 5.09. The minimum atomic E-state index is -0.648. The summed E-state index contributed by atoms with van der Waals surface area (Å²) in [5.74, 6) is -0.476. The van der Waals surface area contributed by atoms with Gasteiger partial charge >= 0.3 is 5.97 Å². The van der Waals surface area contributed by atoms with Crippen molar-refractivity contribution in [3.8, 4) is 0 Å². The number of aromatic nitrogens is 1. The van der Waals surface area contributed by atoms with E-state index in [2.05, 4.69) is 0 Å². The van der Waals surface area contributed by atoms with Crippen molar-refractivity contribution in [3.63, 3.8) is 0 Å². The highest BCUT2D eigenvalue weighted by molar-refractivity contribution is 7.07. The SMILES string of the molecule is CCOC(=O)C1=C(c2ccccc2)N=c2s/c(=C/c3ccccc3)c(=O)n2C1c1ccccc1. The summed E-state index contributed by atoms with van der Waals surface area (Å²) < 4.78 is 7.64. The molecule has 0 saturated carbocycles. The Labute approximate surface area is 200 Å². The highest BCUT2D eigenvalue weighted by Crippen LogP contribution is 2.34. The lowest BCUT2D eigenvalue weighted by atomic mass is 9.93. The van der Waals surface area contributed by atoms with Crippen LogP contribution in [0, 0.1) is 0 Å². The fraction of sp³-hybridized carbons (Fsp3) is 0.107. The number of hydrogen-bond donors (Lipinski definition) is 0. The average Bonchev–Trinajstić information content (AvgIpc) is 3.19.